The fourth-order valence-corrected chi connectivity index (χ4v) is 2.55. The molecule has 3 heteroatoms. The van der Waals surface area contributed by atoms with Gasteiger partial charge in [0.05, 0.1) is 5.01 Å². The summed E-state index contributed by atoms with van der Waals surface area (Å²) >= 11 is 1.83. The summed E-state index contributed by atoms with van der Waals surface area (Å²) in [5, 5.41) is 1.22. The van der Waals surface area contributed by atoms with Crippen LogP contribution in [0.3, 0.4) is 0 Å². The van der Waals surface area contributed by atoms with E-state index >= 15 is 0 Å². The van der Waals surface area contributed by atoms with Crippen LogP contribution in [0.4, 0.5) is 0 Å². The van der Waals surface area contributed by atoms with Crippen molar-refractivity contribution in [3.8, 4) is 0 Å². The van der Waals surface area contributed by atoms with Crippen LogP contribution >= 0.6 is 11.3 Å². The van der Waals surface area contributed by atoms with Crippen molar-refractivity contribution in [3.63, 3.8) is 0 Å². The van der Waals surface area contributed by atoms with E-state index in [0.717, 1.165) is 12.8 Å². The molecule has 17 heavy (non-hydrogen) atoms. The maximum atomic E-state index is 4.50. The summed E-state index contributed by atoms with van der Waals surface area (Å²) in [6, 6.07) is 4.11. The molecule has 0 unspecified atom stereocenters. The first kappa shape index (κ1) is 12.2. The number of nitrogens with zero attached hydrogens (tertiary/aromatic N) is 2. The lowest BCUT2D eigenvalue weighted by Crippen LogP contribution is -2.09. The molecule has 0 aliphatic heterocycles. The zero-order valence-corrected chi connectivity index (χ0v) is 11.4. The highest BCUT2D eigenvalue weighted by atomic mass is 32.1. The largest absolute Gasteiger partial charge is 0.264 e. The van der Waals surface area contributed by atoms with Gasteiger partial charge in [0, 0.05) is 28.9 Å². The highest BCUT2D eigenvalue weighted by Crippen LogP contribution is 2.27. The van der Waals surface area contributed by atoms with Crippen molar-refractivity contribution in [1.82, 2.24) is 9.97 Å². The average molecular weight is 246 g/mol. The van der Waals surface area contributed by atoms with Gasteiger partial charge in [0.25, 0.3) is 0 Å². The first-order valence-electron chi connectivity index (χ1n) is 5.90. The molecular weight excluding hydrogens is 228 g/mol. The Morgan fingerprint density at radius 3 is 2.59 bits per heavy atom. The minimum atomic E-state index is 0.164. The Morgan fingerprint density at radius 1 is 1.18 bits per heavy atom. The van der Waals surface area contributed by atoms with Crippen molar-refractivity contribution in [1.29, 1.82) is 0 Å². The lowest BCUT2D eigenvalue weighted by Gasteiger charge is -2.13. The Labute approximate surface area is 107 Å². The molecule has 0 aliphatic carbocycles. The van der Waals surface area contributed by atoms with E-state index in [1.54, 1.807) is 0 Å². The molecule has 0 atom stereocenters. The average Bonchev–Trinajstić information content (AvgIpc) is 2.76. The lowest BCUT2D eigenvalue weighted by molar-refractivity contribution is 0.585. The topological polar surface area (TPSA) is 25.8 Å². The van der Waals surface area contributed by atoms with Gasteiger partial charge in [-0.1, -0.05) is 26.8 Å². The van der Waals surface area contributed by atoms with Crippen molar-refractivity contribution in [2.75, 3.05) is 0 Å². The molecule has 0 spiro atoms. The van der Waals surface area contributed by atoms with Crippen molar-refractivity contribution in [2.24, 2.45) is 0 Å². The van der Waals surface area contributed by atoms with Gasteiger partial charge in [0.1, 0.15) is 0 Å². The van der Waals surface area contributed by atoms with Gasteiger partial charge in [0.15, 0.2) is 0 Å². The van der Waals surface area contributed by atoms with Crippen LogP contribution in [0.5, 0.6) is 0 Å². The van der Waals surface area contributed by atoms with Crippen LogP contribution in [0.15, 0.2) is 30.7 Å². The second-order valence-electron chi connectivity index (χ2n) is 5.24. The van der Waals surface area contributed by atoms with Gasteiger partial charge in [0.2, 0.25) is 0 Å². The van der Waals surface area contributed by atoms with Gasteiger partial charge in [-0.05, 0) is 24.5 Å². The fourth-order valence-electron chi connectivity index (χ4n) is 1.58. The Hall–Kier alpha value is -1.22. The quantitative estimate of drug-likeness (QED) is 0.826. The molecule has 2 rings (SSSR count). The van der Waals surface area contributed by atoms with Gasteiger partial charge in [-0.15, -0.1) is 11.3 Å². The summed E-state index contributed by atoms with van der Waals surface area (Å²) < 4.78 is 0. The zero-order valence-electron chi connectivity index (χ0n) is 10.6. The van der Waals surface area contributed by atoms with Crippen LogP contribution in [0.2, 0.25) is 0 Å². The Kier molecular flexibility index (Phi) is 3.57. The molecule has 0 radical (unpaired) electrons. The molecule has 0 saturated carbocycles. The van der Waals surface area contributed by atoms with E-state index in [0.29, 0.717) is 0 Å². The summed E-state index contributed by atoms with van der Waals surface area (Å²) in [6.45, 7) is 6.62. The van der Waals surface area contributed by atoms with E-state index < -0.39 is 0 Å². The first-order chi connectivity index (χ1) is 8.05. The Bertz CT molecular complexity index is 468. The van der Waals surface area contributed by atoms with E-state index in [9.17, 15) is 0 Å². The molecule has 2 nitrogen and oxygen atoms in total. The summed E-state index contributed by atoms with van der Waals surface area (Å²) in [4.78, 5) is 9.99. The van der Waals surface area contributed by atoms with Crippen molar-refractivity contribution in [3.05, 3.63) is 46.2 Å². The van der Waals surface area contributed by atoms with Crippen LogP contribution < -0.4 is 0 Å². The number of hydrogen-bond donors (Lipinski definition) is 0. The summed E-state index contributed by atoms with van der Waals surface area (Å²) in [5.41, 5.74) is 1.45. The number of hydrogen-bond acceptors (Lipinski definition) is 3. The van der Waals surface area contributed by atoms with E-state index in [1.807, 2.05) is 36.0 Å². The molecule has 2 heterocycles. The third kappa shape index (κ3) is 3.37. The van der Waals surface area contributed by atoms with Crippen molar-refractivity contribution < 1.29 is 0 Å². The predicted octanol–water partition coefficient (Wildman–Crippen LogP) is 3.62. The third-order valence-corrected chi connectivity index (χ3v) is 4.06. The number of rotatable bonds is 3. The number of aryl methyl sites for hydroxylation is 2. The smallest absolute Gasteiger partial charge is 0.0981 e. The second kappa shape index (κ2) is 4.96. The normalized spacial score (nSPS) is 11.7. The van der Waals surface area contributed by atoms with Gasteiger partial charge in [-0.25, -0.2) is 4.98 Å². The number of pyridine rings is 1. The number of thiazole rings is 1. The lowest BCUT2D eigenvalue weighted by atomic mass is 9.98. The maximum Gasteiger partial charge on any atom is 0.0981 e. The van der Waals surface area contributed by atoms with Gasteiger partial charge >= 0.3 is 0 Å². The molecule has 2 aromatic heterocycles. The molecule has 2 aromatic rings. The van der Waals surface area contributed by atoms with Crippen LogP contribution in [0.1, 0.15) is 36.2 Å². The molecule has 0 saturated heterocycles. The fraction of sp³-hybridized carbons (Fsp3) is 0.429. The summed E-state index contributed by atoms with van der Waals surface area (Å²) in [7, 11) is 0. The van der Waals surface area contributed by atoms with Crippen LogP contribution in [-0.2, 0) is 18.3 Å². The predicted molar refractivity (Wildman–Crippen MR) is 72.5 cm³/mol. The number of aromatic nitrogens is 2. The minimum Gasteiger partial charge on any atom is -0.264 e. The molecule has 90 valence electrons. The zero-order chi connectivity index (χ0) is 12.3. The van der Waals surface area contributed by atoms with E-state index in [4.69, 9.17) is 0 Å². The molecule has 0 amide bonds. The molecular formula is C14H18N2S. The first-order valence-corrected chi connectivity index (χ1v) is 6.71. The van der Waals surface area contributed by atoms with E-state index in [1.165, 1.54) is 15.4 Å². The Morgan fingerprint density at radius 2 is 2.00 bits per heavy atom. The summed E-state index contributed by atoms with van der Waals surface area (Å²) in [5.74, 6) is 0. The van der Waals surface area contributed by atoms with Crippen molar-refractivity contribution >= 4 is 11.3 Å². The standard InChI is InChI=1S/C14H18N2S/c1-14(2,3)13-16-10-12(17-13)7-6-11-5-4-8-15-9-11/h4-5,8-10H,6-7H2,1-3H3. The van der Waals surface area contributed by atoms with E-state index in [2.05, 4.69) is 36.8 Å². The molecule has 0 N–H and O–H groups in total. The van der Waals surface area contributed by atoms with E-state index in [-0.39, 0.29) is 5.41 Å². The SMILES string of the molecule is CC(C)(C)c1ncc(CCc2cccnc2)s1. The molecule has 0 aliphatic rings. The minimum absolute atomic E-state index is 0.164. The van der Waals surface area contributed by atoms with Crippen LogP contribution in [0, 0.1) is 0 Å². The summed E-state index contributed by atoms with van der Waals surface area (Å²) in [6.07, 6.45) is 7.86. The van der Waals surface area contributed by atoms with Crippen molar-refractivity contribution in [2.45, 2.75) is 39.0 Å². The molecule has 0 bridgehead atoms. The van der Waals surface area contributed by atoms with Gasteiger partial charge in [-0.3, -0.25) is 4.98 Å². The highest BCUT2D eigenvalue weighted by molar-refractivity contribution is 7.11. The van der Waals surface area contributed by atoms with Crippen LogP contribution in [0.25, 0.3) is 0 Å². The maximum absolute atomic E-state index is 4.50. The molecule has 0 fully saturated rings. The third-order valence-electron chi connectivity index (χ3n) is 2.58. The van der Waals surface area contributed by atoms with Gasteiger partial charge < -0.3 is 0 Å². The van der Waals surface area contributed by atoms with Crippen LogP contribution in [-0.4, -0.2) is 9.97 Å². The molecule has 0 aromatic carbocycles. The second-order valence-corrected chi connectivity index (χ2v) is 6.36. The van der Waals surface area contributed by atoms with Gasteiger partial charge in [-0.2, -0.15) is 0 Å². The Balaban J connectivity index is 1.99. The monoisotopic (exact) mass is 246 g/mol. The highest BCUT2D eigenvalue weighted by Gasteiger charge is 2.17.